The molecule has 4 rings (SSSR count). The predicted molar refractivity (Wildman–Crippen MR) is 94.0 cm³/mol. The van der Waals surface area contributed by atoms with E-state index < -0.39 is 5.79 Å². The maximum atomic E-state index is 12.5. The van der Waals surface area contributed by atoms with Gasteiger partial charge in [0.1, 0.15) is 24.3 Å². The average Bonchev–Trinajstić information content (AvgIpc) is 3.18. The summed E-state index contributed by atoms with van der Waals surface area (Å²) >= 11 is 0. The van der Waals surface area contributed by atoms with Crippen LogP contribution in [0.5, 0.6) is 0 Å². The minimum absolute atomic E-state index is 0.277. The van der Waals surface area contributed by atoms with E-state index in [0.29, 0.717) is 12.3 Å². The SMILES string of the molecule is CC1(C)OC=C(c2cn3ccc(N4CCN(CCF)CC4)cc3n2)O1. The van der Waals surface area contributed by atoms with E-state index in [1.807, 2.05) is 30.6 Å². The van der Waals surface area contributed by atoms with Crippen LogP contribution in [0, 0.1) is 0 Å². The van der Waals surface area contributed by atoms with E-state index in [0.717, 1.165) is 43.2 Å². The fourth-order valence-electron chi connectivity index (χ4n) is 3.26. The zero-order chi connectivity index (χ0) is 17.4. The molecule has 6 nitrogen and oxygen atoms in total. The molecule has 0 aromatic carbocycles. The maximum Gasteiger partial charge on any atom is 0.245 e. The smallest absolute Gasteiger partial charge is 0.245 e. The second-order valence-corrected chi connectivity index (χ2v) is 6.90. The van der Waals surface area contributed by atoms with Crippen LogP contribution in [0.3, 0.4) is 0 Å². The van der Waals surface area contributed by atoms with Gasteiger partial charge in [-0.3, -0.25) is 4.90 Å². The average molecular weight is 346 g/mol. The number of pyridine rings is 1. The van der Waals surface area contributed by atoms with Gasteiger partial charge in [0.15, 0.2) is 5.76 Å². The van der Waals surface area contributed by atoms with Crippen molar-refractivity contribution in [1.82, 2.24) is 14.3 Å². The van der Waals surface area contributed by atoms with Crippen LogP contribution >= 0.6 is 0 Å². The molecule has 0 unspecified atom stereocenters. The summed E-state index contributed by atoms with van der Waals surface area (Å²) in [6.07, 6.45) is 5.57. The number of piperazine rings is 1. The molecule has 0 aliphatic carbocycles. The second-order valence-electron chi connectivity index (χ2n) is 6.90. The summed E-state index contributed by atoms with van der Waals surface area (Å²) in [6.45, 7) is 7.58. The van der Waals surface area contributed by atoms with Gasteiger partial charge in [-0.15, -0.1) is 0 Å². The number of anilines is 1. The number of ether oxygens (including phenoxy) is 2. The Morgan fingerprint density at radius 2 is 2.04 bits per heavy atom. The summed E-state index contributed by atoms with van der Waals surface area (Å²) in [5.74, 6) is 0.00495. The molecule has 0 bridgehead atoms. The number of rotatable bonds is 4. The van der Waals surface area contributed by atoms with Crippen LogP contribution in [0.4, 0.5) is 10.1 Å². The van der Waals surface area contributed by atoms with Gasteiger partial charge in [0.25, 0.3) is 0 Å². The zero-order valence-corrected chi connectivity index (χ0v) is 14.6. The normalized spacial score (nSPS) is 20.4. The third-order valence-electron chi connectivity index (χ3n) is 4.64. The van der Waals surface area contributed by atoms with Crippen LogP contribution in [0.25, 0.3) is 11.4 Å². The number of alkyl halides is 1. The Morgan fingerprint density at radius 3 is 2.72 bits per heavy atom. The molecular weight excluding hydrogens is 323 g/mol. The van der Waals surface area contributed by atoms with E-state index in [1.54, 1.807) is 6.26 Å². The van der Waals surface area contributed by atoms with E-state index in [4.69, 9.17) is 9.47 Å². The van der Waals surface area contributed by atoms with Crippen molar-refractivity contribution in [3.8, 4) is 0 Å². The molecule has 2 aromatic rings. The summed E-state index contributed by atoms with van der Waals surface area (Å²) in [5, 5.41) is 0. The molecule has 1 saturated heterocycles. The molecule has 25 heavy (non-hydrogen) atoms. The lowest BCUT2D eigenvalue weighted by Crippen LogP contribution is -2.47. The first-order valence-electron chi connectivity index (χ1n) is 8.63. The molecule has 0 spiro atoms. The van der Waals surface area contributed by atoms with Crippen LogP contribution in [-0.4, -0.2) is 59.5 Å². The first-order chi connectivity index (χ1) is 12.0. The van der Waals surface area contributed by atoms with Crippen molar-refractivity contribution in [2.75, 3.05) is 44.3 Å². The fraction of sp³-hybridized carbons (Fsp3) is 0.500. The second kappa shape index (κ2) is 6.22. The summed E-state index contributed by atoms with van der Waals surface area (Å²) in [4.78, 5) is 9.14. The molecule has 4 heterocycles. The monoisotopic (exact) mass is 346 g/mol. The third-order valence-corrected chi connectivity index (χ3v) is 4.64. The molecule has 0 N–H and O–H groups in total. The van der Waals surface area contributed by atoms with Crippen molar-refractivity contribution < 1.29 is 13.9 Å². The highest BCUT2D eigenvalue weighted by atomic mass is 19.1. The minimum atomic E-state index is -0.643. The lowest BCUT2D eigenvalue weighted by molar-refractivity contribution is -0.102. The Balaban J connectivity index is 1.51. The van der Waals surface area contributed by atoms with Gasteiger partial charge < -0.3 is 18.8 Å². The van der Waals surface area contributed by atoms with Crippen LogP contribution in [0.2, 0.25) is 0 Å². The van der Waals surface area contributed by atoms with Crippen molar-refractivity contribution in [1.29, 1.82) is 0 Å². The first kappa shape index (κ1) is 16.2. The van der Waals surface area contributed by atoms with Gasteiger partial charge in [0.05, 0.1) is 0 Å². The Bertz CT molecular complexity index is 793. The lowest BCUT2D eigenvalue weighted by Gasteiger charge is -2.35. The largest absolute Gasteiger partial charge is 0.457 e. The van der Waals surface area contributed by atoms with Crippen LogP contribution in [-0.2, 0) is 9.47 Å². The molecule has 0 amide bonds. The van der Waals surface area contributed by atoms with E-state index >= 15 is 0 Å². The highest BCUT2D eigenvalue weighted by Crippen LogP contribution is 2.31. The molecule has 2 aromatic heterocycles. The van der Waals surface area contributed by atoms with Crippen LogP contribution in [0.15, 0.2) is 30.8 Å². The van der Waals surface area contributed by atoms with Crippen LogP contribution < -0.4 is 4.90 Å². The maximum absolute atomic E-state index is 12.5. The van der Waals surface area contributed by atoms with Gasteiger partial charge in [0, 0.05) is 70.7 Å². The fourth-order valence-corrected chi connectivity index (χ4v) is 3.26. The Hall–Kier alpha value is -2.28. The van der Waals surface area contributed by atoms with Gasteiger partial charge in [-0.05, 0) is 6.07 Å². The Labute approximate surface area is 146 Å². The van der Waals surface area contributed by atoms with Gasteiger partial charge in [0.2, 0.25) is 5.79 Å². The van der Waals surface area contributed by atoms with Gasteiger partial charge in [-0.25, -0.2) is 9.37 Å². The highest BCUT2D eigenvalue weighted by Gasteiger charge is 2.29. The highest BCUT2D eigenvalue weighted by molar-refractivity contribution is 5.63. The molecule has 2 aliphatic rings. The van der Waals surface area contributed by atoms with Crippen molar-refractivity contribution >= 4 is 17.1 Å². The van der Waals surface area contributed by atoms with Crippen molar-refractivity contribution in [2.24, 2.45) is 0 Å². The third kappa shape index (κ3) is 3.28. The lowest BCUT2D eigenvalue weighted by atomic mass is 10.2. The standard InChI is InChI=1S/C18H23FN4O2/c1-18(2)24-13-16(25-18)15-12-23-5-3-14(11-17(23)20-15)22-9-7-21(6-4-19)8-10-22/h3,5,11-13H,4,6-10H2,1-2H3. The quantitative estimate of drug-likeness (QED) is 0.851. The van der Waals surface area contributed by atoms with E-state index in [-0.39, 0.29) is 6.67 Å². The molecule has 0 radical (unpaired) electrons. The Kier molecular flexibility index (Phi) is 4.03. The molecular formula is C18H23FN4O2. The number of halogens is 1. The summed E-state index contributed by atoms with van der Waals surface area (Å²) < 4.78 is 25.7. The minimum Gasteiger partial charge on any atom is -0.457 e. The number of aromatic nitrogens is 2. The predicted octanol–water partition coefficient (Wildman–Crippen LogP) is 2.51. The van der Waals surface area contributed by atoms with Crippen molar-refractivity contribution in [3.63, 3.8) is 0 Å². The molecule has 1 fully saturated rings. The van der Waals surface area contributed by atoms with Crippen molar-refractivity contribution in [3.05, 3.63) is 36.5 Å². The van der Waals surface area contributed by atoms with Gasteiger partial charge in [-0.2, -0.15) is 0 Å². The molecule has 7 heteroatoms. The molecule has 0 saturated carbocycles. The summed E-state index contributed by atoms with van der Waals surface area (Å²) in [6, 6.07) is 4.17. The van der Waals surface area contributed by atoms with Gasteiger partial charge in [-0.1, -0.05) is 0 Å². The van der Waals surface area contributed by atoms with E-state index in [1.165, 1.54) is 0 Å². The molecule has 2 aliphatic heterocycles. The summed E-state index contributed by atoms with van der Waals surface area (Å²) in [7, 11) is 0. The first-order valence-corrected chi connectivity index (χ1v) is 8.63. The topological polar surface area (TPSA) is 42.2 Å². The molecule has 0 atom stereocenters. The van der Waals surface area contributed by atoms with E-state index in [2.05, 4.69) is 26.9 Å². The van der Waals surface area contributed by atoms with Crippen LogP contribution in [0.1, 0.15) is 19.5 Å². The van der Waals surface area contributed by atoms with E-state index in [9.17, 15) is 4.39 Å². The van der Waals surface area contributed by atoms with Gasteiger partial charge >= 0.3 is 0 Å². The number of hydrogen-bond donors (Lipinski definition) is 0. The number of fused-ring (bicyclic) bond motifs is 1. The van der Waals surface area contributed by atoms with Crippen molar-refractivity contribution in [2.45, 2.75) is 19.6 Å². The number of hydrogen-bond acceptors (Lipinski definition) is 5. The zero-order valence-electron chi connectivity index (χ0n) is 14.6. The summed E-state index contributed by atoms with van der Waals surface area (Å²) in [5.41, 5.74) is 2.77. The number of nitrogens with zero attached hydrogens (tertiary/aromatic N) is 4. The molecule has 134 valence electrons. The Morgan fingerprint density at radius 1 is 1.24 bits per heavy atom. The number of imidazole rings is 1.